The lowest BCUT2D eigenvalue weighted by molar-refractivity contribution is -0.116. The lowest BCUT2D eigenvalue weighted by atomic mass is 10.0. The fourth-order valence-corrected chi connectivity index (χ4v) is 5.07. The van der Waals surface area contributed by atoms with Crippen molar-refractivity contribution in [1.29, 1.82) is 0 Å². The molecule has 0 atom stereocenters. The van der Waals surface area contributed by atoms with Gasteiger partial charge in [-0.1, -0.05) is 47.6 Å². The highest BCUT2D eigenvalue weighted by Gasteiger charge is 2.24. The Kier molecular flexibility index (Phi) is 6.87. The number of hydrogen-bond acceptors (Lipinski definition) is 6. The maximum absolute atomic E-state index is 13.1. The summed E-state index contributed by atoms with van der Waals surface area (Å²) in [6.45, 7) is 0.814. The number of halogens is 1. The van der Waals surface area contributed by atoms with Crippen molar-refractivity contribution in [2.45, 2.75) is 24.5 Å². The first kappa shape index (κ1) is 23.2. The summed E-state index contributed by atoms with van der Waals surface area (Å²) >= 11 is 7.54. The maximum atomic E-state index is 13.1. The molecule has 2 aromatic carbocycles. The fraction of sp³-hybridized carbons (Fsp3) is 0.200. The number of fused-ring (bicyclic) bond motifs is 1. The molecule has 3 heterocycles. The molecule has 0 saturated carbocycles. The van der Waals surface area contributed by atoms with Crippen LogP contribution in [0.1, 0.15) is 28.4 Å². The van der Waals surface area contributed by atoms with Gasteiger partial charge in [0, 0.05) is 17.3 Å². The Morgan fingerprint density at radius 1 is 1.09 bits per heavy atom. The third kappa shape index (κ3) is 5.11. The zero-order valence-corrected chi connectivity index (χ0v) is 20.3. The number of aromatic nitrogens is 3. The summed E-state index contributed by atoms with van der Waals surface area (Å²) in [4.78, 5) is 27.3. The molecule has 5 rings (SSSR count). The van der Waals surface area contributed by atoms with Gasteiger partial charge in [-0.3, -0.25) is 14.2 Å². The molecule has 0 radical (unpaired) electrons. The molecule has 0 spiro atoms. The van der Waals surface area contributed by atoms with Crippen LogP contribution in [-0.2, 0) is 17.8 Å². The number of carbonyl (C=O) groups excluding carboxylic acids is 2. The molecule has 1 N–H and O–H groups in total. The molecule has 1 aliphatic heterocycles. The van der Waals surface area contributed by atoms with Crippen LogP contribution in [0.5, 0.6) is 0 Å². The molecule has 0 bridgehead atoms. The molecular weight excluding hydrogens is 486 g/mol. The zero-order valence-electron chi connectivity index (χ0n) is 18.7. The van der Waals surface area contributed by atoms with Crippen LogP contribution < -0.4 is 10.2 Å². The number of nitrogens with zero attached hydrogens (tertiary/aromatic N) is 4. The van der Waals surface area contributed by atoms with Crippen LogP contribution in [0.4, 0.5) is 5.69 Å². The van der Waals surface area contributed by atoms with E-state index in [2.05, 4.69) is 21.6 Å². The van der Waals surface area contributed by atoms with Crippen LogP contribution >= 0.6 is 23.4 Å². The Morgan fingerprint density at radius 3 is 2.80 bits per heavy atom. The average Bonchev–Trinajstić information content (AvgIpc) is 3.56. The van der Waals surface area contributed by atoms with Crippen molar-refractivity contribution in [3.05, 3.63) is 89.1 Å². The van der Waals surface area contributed by atoms with E-state index in [0.717, 1.165) is 24.2 Å². The van der Waals surface area contributed by atoms with Crippen molar-refractivity contribution >= 4 is 40.9 Å². The van der Waals surface area contributed by atoms with Crippen molar-refractivity contribution < 1.29 is 14.0 Å². The van der Waals surface area contributed by atoms with Crippen LogP contribution in [0.25, 0.3) is 5.69 Å². The quantitative estimate of drug-likeness (QED) is 0.370. The predicted octanol–water partition coefficient (Wildman–Crippen LogP) is 4.52. The topological polar surface area (TPSA) is 93.3 Å². The number of nitrogens with one attached hydrogen (secondary N) is 1. The maximum Gasteiger partial charge on any atom is 0.287 e. The van der Waals surface area contributed by atoms with Crippen molar-refractivity contribution in [3.63, 3.8) is 0 Å². The van der Waals surface area contributed by atoms with E-state index < -0.39 is 0 Å². The van der Waals surface area contributed by atoms with Crippen molar-refractivity contribution in [2.75, 3.05) is 17.2 Å². The molecule has 4 aromatic rings. The third-order valence-electron chi connectivity index (χ3n) is 5.65. The molecule has 35 heavy (non-hydrogen) atoms. The number of anilines is 1. The van der Waals surface area contributed by atoms with Gasteiger partial charge < -0.3 is 14.6 Å². The molecule has 10 heteroatoms. The summed E-state index contributed by atoms with van der Waals surface area (Å²) in [5.74, 6) is 0.566. The minimum absolute atomic E-state index is 0.00969. The van der Waals surface area contributed by atoms with Gasteiger partial charge in [-0.05, 0) is 54.8 Å². The summed E-state index contributed by atoms with van der Waals surface area (Å²) < 4.78 is 6.95. The number of furan rings is 1. The van der Waals surface area contributed by atoms with Gasteiger partial charge in [0.2, 0.25) is 5.91 Å². The van der Waals surface area contributed by atoms with E-state index in [0.29, 0.717) is 22.5 Å². The molecule has 1 aliphatic rings. The second kappa shape index (κ2) is 10.4. The molecule has 0 aliphatic carbocycles. The van der Waals surface area contributed by atoms with E-state index in [9.17, 15) is 9.59 Å². The van der Waals surface area contributed by atoms with Crippen LogP contribution in [0.3, 0.4) is 0 Å². The van der Waals surface area contributed by atoms with E-state index in [1.165, 1.54) is 23.6 Å². The molecule has 178 valence electrons. The van der Waals surface area contributed by atoms with Crippen LogP contribution in [-0.4, -0.2) is 38.9 Å². The van der Waals surface area contributed by atoms with Gasteiger partial charge in [-0.2, -0.15) is 0 Å². The van der Waals surface area contributed by atoms with E-state index >= 15 is 0 Å². The number of amides is 2. The van der Waals surface area contributed by atoms with Crippen LogP contribution in [0.15, 0.2) is 76.5 Å². The Morgan fingerprint density at radius 2 is 1.97 bits per heavy atom. The van der Waals surface area contributed by atoms with Gasteiger partial charge >= 0.3 is 0 Å². The fourth-order valence-electron chi connectivity index (χ4n) is 4.03. The van der Waals surface area contributed by atoms with Crippen molar-refractivity contribution in [2.24, 2.45) is 0 Å². The first-order chi connectivity index (χ1) is 17.1. The smallest absolute Gasteiger partial charge is 0.287 e. The van der Waals surface area contributed by atoms with Gasteiger partial charge in [0.1, 0.15) is 0 Å². The van der Waals surface area contributed by atoms with Crippen LogP contribution in [0, 0.1) is 0 Å². The Labute approximate surface area is 211 Å². The van der Waals surface area contributed by atoms with E-state index in [1.807, 2.05) is 35.2 Å². The molecular formula is C25H22ClN5O3S. The molecule has 0 saturated heterocycles. The molecule has 0 unspecified atom stereocenters. The number of benzene rings is 2. The first-order valence-corrected chi connectivity index (χ1v) is 12.5. The van der Waals surface area contributed by atoms with E-state index in [1.54, 1.807) is 28.8 Å². The highest BCUT2D eigenvalue weighted by molar-refractivity contribution is 7.99. The highest BCUT2D eigenvalue weighted by atomic mass is 35.5. The van der Waals surface area contributed by atoms with Gasteiger partial charge in [0.25, 0.3) is 5.91 Å². The molecule has 8 nitrogen and oxygen atoms in total. The number of rotatable bonds is 7. The van der Waals surface area contributed by atoms with Crippen LogP contribution in [0.2, 0.25) is 5.02 Å². The largest absolute Gasteiger partial charge is 0.459 e. The predicted molar refractivity (Wildman–Crippen MR) is 134 cm³/mol. The standard InChI is InChI=1S/C25H22ClN5O3S/c26-18-8-3-9-19(14-18)31-22(15-27-24(33)21-11-5-13-34-21)28-29-25(31)35-16-23(32)30-12-4-7-17-6-1-2-10-20(17)30/h1-3,5-6,8-11,13-14H,4,7,12,15-16H2,(H,27,33). The normalized spacial score (nSPS) is 12.9. The Balaban J connectivity index is 1.36. The first-order valence-electron chi connectivity index (χ1n) is 11.1. The second-order valence-electron chi connectivity index (χ2n) is 7.94. The van der Waals surface area contributed by atoms with E-state index in [4.69, 9.17) is 16.0 Å². The number of thioether (sulfide) groups is 1. The summed E-state index contributed by atoms with van der Waals surface area (Å²) in [6, 6.07) is 18.5. The summed E-state index contributed by atoms with van der Waals surface area (Å²) in [6.07, 6.45) is 3.35. The Bertz CT molecular complexity index is 1350. The van der Waals surface area contributed by atoms with Gasteiger partial charge in [0.15, 0.2) is 16.7 Å². The number of aryl methyl sites for hydroxylation is 1. The average molecular weight is 508 g/mol. The van der Waals surface area contributed by atoms with E-state index in [-0.39, 0.29) is 29.9 Å². The SMILES string of the molecule is O=C(NCc1nnc(SCC(=O)N2CCCc3ccccc32)n1-c1cccc(Cl)c1)c1ccco1. The van der Waals surface area contributed by atoms with Gasteiger partial charge in [0.05, 0.1) is 24.2 Å². The lowest BCUT2D eigenvalue weighted by Gasteiger charge is -2.29. The number of hydrogen-bond donors (Lipinski definition) is 1. The monoisotopic (exact) mass is 507 g/mol. The van der Waals surface area contributed by atoms with Gasteiger partial charge in [-0.15, -0.1) is 10.2 Å². The third-order valence-corrected chi connectivity index (χ3v) is 6.80. The molecule has 2 aromatic heterocycles. The Hall–Kier alpha value is -3.56. The lowest BCUT2D eigenvalue weighted by Crippen LogP contribution is -2.36. The summed E-state index contributed by atoms with van der Waals surface area (Å²) in [5.41, 5.74) is 2.90. The molecule has 2 amide bonds. The van der Waals surface area contributed by atoms with Gasteiger partial charge in [-0.25, -0.2) is 0 Å². The number of carbonyl (C=O) groups is 2. The summed E-state index contributed by atoms with van der Waals surface area (Å²) in [5, 5.41) is 12.5. The summed E-state index contributed by atoms with van der Waals surface area (Å²) in [7, 11) is 0. The van der Waals surface area contributed by atoms with Crippen molar-refractivity contribution in [1.82, 2.24) is 20.1 Å². The molecule has 0 fully saturated rings. The number of para-hydroxylation sites is 1. The van der Waals surface area contributed by atoms with Crippen molar-refractivity contribution in [3.8, 4) is 5.69 Å². The minimum atomic E-state index is -0.358. The minimum Gasteiger partial charge on any atom is -0.459 e. The highest BCUT2D eigenvalue weighted by Crippen LogP contribution is 2.29. The zero-order chi connectivity index (χ0) is 24.2. The second-order valence-corrected chi connectivity index (χ2v) is 9.32.